The van der Waals surface area contributed by atoms with E-state index in [4.69, 9.17) is 28.9 Å². The average Bonchev–Trinajstić information content (AvgIpc) is 2.48. The Labute approximate surface area is 159 Å². The van der Waals surface area contributed by atoms with Crippen LogP contribution in [0, 0.1) is 5.41 Å². The maximum Gasteiger partial charge on any atom is 0.253 e. The molecule has 1 unspecified atom stereocenters. The van der Waals surface area contributed by atoms with E-state index in [0.717, 1.165) is 0 Å². The Balaban J connectivity index is 0.00000529. The Morgan fingerprint density at radius 3 is 2.46 bits per heavy atom. The highest BCUT2D eigenvalue weighted by Gasteiger charge is 2.25. The van der Waals surface area contributed by atoms with Crippen molar-refractivity contribution in [3.8, 4) is 0 Å². The van der Waals surface area contributed by atoms with Crippen LogP contribution in [0.3, 0.4) is 0 Å². The number of nitrogens with zero attached hydrogens (tertiary/aromatic N) is 1. The van der Waals surface area contributed by atoms with E-state index in [2.05, 4.69) is 5.32 Å². The van der Waals surface area contributed by atoms with Gasteiger partial charge >= 0.3 is 0 Å². The third-order valence-corrected chi connectivity index (χ3v) is 4.33. The van der Waals surface area contributed by atoms with Crippen molar-refractivity contribution in [2.24, 2.45) is 11.1 Å². The molecule has 0 radical (unpaired) electrons. The molecule has 0 fully saturated rings. The Kier molecular flexibility index (Phi) is 9.07. The van der Waals surface area contributed by atoms with Crippen LogP contribution >= 0.6 is 35.6 Å². The number of nitrogens with one attached hydrogen (secondary N) is 1. The molecule has 5 nitrogen and oxygen atoms in total. The molecule has 1 aromatic carbocycles. The number of carbonyl (C=O) groups is 2. The number of halogens is 3. The van der Waals surface area contributed by atoms with Gasteiger partial charge in [-0.15, -0.1) is 12.4 Å². The summed E-state index contributed by atoms with van der Waals surface area (Å²) in [6.07, 6.45) is 0. The second kappa shape index (κ2) is 9.47. The minimum absolute atomic E-state index is 0. The van der Waals surface area contributed by atoms with Gasteiger partial charge in [-0.05, 0) is 31.0 Å². The fraction of sp³-hybridized carbons (Fsp3) is 0.500. The molecule has 136 valence electrons. The largest absolute Gasteiger partial charge is 0.343 e. The maximum atomic E-state index is 12.4. The monoisotopic (exact) mass is 395 g/mol. The molecule has 0 bridgehead atoms. The Morgan fingerprint density at radius 2 is 1.92 bits per heavy atom. The summed E-state index contributed by atoms with van der Waals surface area (Å²) in [5.74, 6) is -0.636. The minimum Gasteiger partial charge on any atom is -0.343 e. The molecule has 1 atom stereocenters. The minimum atomic E-state index is -0.684. The summed E-state index contributed by atoms with van der Waals surface area (Å²) in [7, 11) is 1.69. The predicted octanol–water partition coefficient (Wildman–Crippen LogP) is 2.98. The zero-order valence-corrected chi connectivity index (χ0v) is 16.6. The van der Waals surface area contributed by atoms with Gasteiger partial charge in [0.15, 0.2) is 0 Å². The van der Waals surface area contributed by atoms with Crippen molar-refractivity contribution in [1.82, 2.24) is 10.2 Å². The van der Waals surface area contributed by atoms with Crippen molar-refractivity contribution in [2.75, 3.05) is 20.1 Å². The lowest BCUT2D eigenvalue weighted by Gasteiger charge is -2.30. The molecule has 1 aromatic rings. The first kappa shape index (κ1) is 23.0. The first-order valence-corrected chi connectivity index (χ1v) is 8.04. The standard InChI is InChI=1S/C16H23Cl2N3O2.ClH/c1-10(15(23)21(4)9-16(2,3)8-19)20-14(22)11-6-5-7-12(17)13(11)18;/h5-7,10H,8-9,19H2,1-4H3,(H,20,22);1H. The van der Waals surface area contributed by atoms with Gasteiger partial charge in [0, 0.05) is 13.6 Å². The van der Waals surface area contributed by atoms with Crippen LogP contribution in [0.15, 0.2) is 18.2 Å². The molecule has 0 saturated heterocycles. The van der Waals surface area contributed by atoms with E-state index in [9.17, 15) is 9.59 Å². The van der Waals surface area contributed by atoms with E-state index >= 15 is 0 Å². The SMILES string of the molecule is CC(NC(=O)c1cccc(Cl)c1Cl)C(=O)N(C)CC(C)(C)CN.Cl. The van der Waals surface area contributed by atoms with Gasteiger partial charge in [0.1, 0.15) is 6.04 Å². The van der Waals surface area contributed by atoms with E-state index in [1.165, 1.54) is 0 Å². The molecule has 0 aliphatic carbocycles. The quantitative estimate of drug-likeness (QED) is 0.776. The first-order valence-electron chi connectivity index (χ1n) is 7.29. The number of benzene rings is 1. The van der Waals surface area contributed by atoms with Crippen molar-refractivity contribution in [3.05, 3.63) is 33.8 Å². The third-order valence-electron chi connectivity index (χ3n) is 3.51. The van der Waals surface area contributed by atoms with Crippen LogP contribution in [0.2, 0.25) is 10.0 Å². The van der Waals surface area contributed by atoms with E-state index in [1.807, 2.05) is 13.8 Å². The lowest BCUT2D eigenvalue weighted by Crippen LogP contribution is -2.48. The number of likely N-dealkylation sites (N-methyl/N-ethyl adjacent to an activating group) is 1. The Morgan fingerprint density at radius 1 is 1.33 bits per heavy atom. The molecule has 3 N–H and O–H groups in total. The zero-order chi connectivity index (χ0) is 17.8. The molecule has 8 heteroatoms. The fourth-order valence-corrected chi connectivity index (χ4v) is 2.52. The first-order chi connectivity index (χ1) is 10.6. The number of hydrogen-bond acceptors (Lipinski definition) is 3. The Hall–Kier alpha value is -1.01. The zero-order valence-electron chi connectivity index (χ0n) is 14.2. The summed E-state index contributed by atoms with van der Waals surface area (Å²) in [4.78, 5) is 26.2. The molecule has 0 aliphatic rings. The molecule has 2 amide bonds. The molecule has 1 rings (SSSR count). The van der Waals surface area contributed by atoms with Crippen molar-refractivity contribution in [2.45, 2.75) is 26.8 Å². The fourth-order valence-electron chi connectivity index (χ4n) is 2.13. The van der Waals surface area contributed by atoms with Crippen molar-refractivity contribution in [3.63, 3.8) is 0 Å². The van der Waals surface area contributed by atoms with Crippen LogP contribution in [0.4, 0.5) is 0 Å². The van der Waals surface area contributed by atoms with Gasteiger partial charge in [0.2, 0.25) is 5.91 Å². The number of rotatable bonds is 6. The topological polar surface area (TPSA) is 75.4 Å². The van der Waals surface area contributed by atoms with E-state index < -0.39 is 11.9 Å². The molecule has 0 saturated carbocycles. The summed E-state index contributed by atoms with van der Waals surface area (Å²) in [5, 5.41) is 3.11. The Bertz CT molecular complexity index is 594. The lowest BCUT2D eigenvalue weighted by atomic mass is 9.93. The third kappa shape index (κ3) is 6.13. The molecular weight excluding hydrogens is 373 g/mol. The molecular formula is C16H24Cl3N3O2. The number of carbonyl (C=O) groups excluding carboxylic acids is 2. The summed E-state index contributed by atoms with van der Waals surface area (Å²) in [6.45, 7) is 6.55. The van der Waals surface area contributed by atoms with Gasteiger partial charge in [-0.3, -0.25) is 9.59 Å². The van der Waals surface area contributed by atoms with Gasteiger partial charge in [0.05, 0.1) is 15.6 Å². The highest BCUT2D eigenvalue weighted by atomic mass is 35.5. The van der Waals surface area contributed by atoms with Gasteiger partial charge in [-0.1, -0.05) is 43.1 Å². The summed E-state index contributed by atoms with van der Waals surface area (Å²) >= 11 is 11.9. The number of amides is 2. The van der Waals surface area contributed by atoms with E-state index in [1.54, 1.807) is 37.1 Å². The van der Waals surface area contributed by atoms with Crippen LogP contribution in [-0.4, -0.2) is 42.9 Å². The van der Waals surface area contributed by atoms with Gasteiger partial charge in [-0.2, -0.15) is 0 Å². The van der Waals surface area contributed by atoms with Crippen LogP contribution in [-0.2, 0) is 4.79 Å². The number of nitrogens with two attached hydrogens (primary N) is 1. The number of hydrogen-bond donors (Lipinski definition) is 2. The van der Waals surface area contributed by atoms with Crippen molar-refractivity contribution in [1.29, 1.82) is 0 Å². The van der Waals surface area contributed by atoms with Crippen LogP contribution < -0.4 is 11.1 Å². The second-order valence-electron chi connectivity index (χ2n) is 6.36. The molecule has 0 heterocycles. The van der Waals surface area contributed by atoms with Gasteiger partial charge in [-0.25, -0.2) is 0 Å². The summed E-state index contributed by atoms with van der Waals surface area (Å²) in [6, 6.07) is 4.10. The molecule has 0 aromatic heterocycles. The summed E-state index contributed by atoms with van der Waals surface area (Å²) < 4.78 is 0. The van der Waals surface area contributed by atoms with Gasteiger partial charge < -0.3 is 16.0 Å². The normalized spacial score (nSPS) is 12.1. The van der Waals surface area contributed by atoms with Crippen molar-refractivity contribution >= 4 is 47.4 Å². The molecule has 0 aliphatic heterocycles. The van der Waals surface area contributed by atoms with Crippen LogP contribution in [0.5, 0.6) is 0 Å². The highest BCUT2D eigenvalue weighted by Crippen LogP contribution is 2.25. The maximum absolute atomic E-state index is 12.4. The molecule has 0 spiro atoms. The van der Waals surface area contributed by atoms with E-state index in [-0.39, 0.29) is 34.3 Å². The molecule has 24 heavy (non-hydrogen) atoms. The highest BCUT2D eigenvalue weighted by molar-refractivity contribution is 6.43. The smallest absolute Gasteiger partial charge is 0.253 e. The summed E-state index contributed by atoms with van der Waals surface area (Å²) in [5.41, 5.74) is 5.73. The van der Waals surface area contributed by atoms with Crippen molar-refractivity contribution < 1.29 is 9.59 Å². The van der Waals surface area contributed by atoms with Gasteiger partial charge in [0.25, 0.3) is 5.91 Å². The predicted molar refractivity (Wildman–Crippen MR) is 101 cm³/mol. The second-order valence-corrected chi connectivity index (χ2v) is 7.14. The van der Waals surface area contributed by atoms with E-state index in [0.29, 0.717) is 18.1 Å². The lowest BCUT2D eigenvalue weighted by molar-refractivity contribution is -0.132. The van der Waals surface area contributed by atoms with Crippen LogP contribution in [0.25, 0.3) is 0 Å². The average molecular weight is 397 g/mol. The van der Waals surface area contributed by atoms with Crippen LogP contribution in [0.1, 0.15) is 31.1 Å².